The van der Waals surface area contributed by atoms with Crippen molar-refractivity contribution >= 4 is 0 Å². The van der Waals surface area contributed by atoms with E-state index < -0.39 is 0 Å². The molecule has 1 aliphatic heterocycles. The van der Waals surface area contributed by atoms with Crippen molar-refractivity contribution in [2.45, 2.75) is 19.4 Å². The largest absolute Gasteiger partial charge is 0.494 e. The fourth-order valence-electron chi connectivity index (χ4n) is 2.44. The van der Waals surface area contributed by atoms with Gasteiger partial charge in [0.25, 0.3) is 0 Å². The predicted molar refractivity (Wildman–Crippen MR) is 80.8 cm³/mol. The van der Waals surface area contributed by atoms with Crippen LogP contribution in [0.2, 0.25) is 0 Å². The third-order valence-corrected chi connectivity index (χ3v) is 3.49. The van der Waals surface area contributed by atoms with Gasteiger partial charge in [0.15, 0.2) is 11.5 Å². The van der Waals surface area contributed by atoms with Gasteiger partial charge in [0.1, 0.15) is 5.75 Å². The Kier molecular flexibility index (Phi) is 3.97. The van der Waals surface area contributed by atoms with Gasteiger partial charge < -0.3 is 19.9 Å². The molecule has 0 aliphatic carbocycles. The summed E-state index contributed by atoms with van der Waals surface area (Å²) in [5, 5.41) is 0. The second-order valence-corrected chi connectivity index (χ2v) is 5.00. The standard InChI is InChI=1S/C17H19NO3/c1-2-19-14-5-3-4-12(8-14)9-15(18)13-6-7-16-17(10-13)21-11-20-16/h3-8,10,15H,2,9,11,18H2,1H3. The Morgan fingerprint density at radius 3 is 2.86 bits per heavy atom. The fourth-order valence-corrected chi connectivity index (χ4v) is 2.44. The summed E-state index contributed by atoms with van der Waals surface area (Å²) in [6, 6.07) is 13.8. The normalized spacial score (nSPS) is 14.0. The highest BCUT2D eigenvalue weighted by Gasteiger charge is 2.16. The number of rotatable bonds is 5. The Morgan fingerprint density at radius 2 is 2.00 bits per heavy atom. The minimum atomic E-state index is -0.0867. The highest BCUT2D eigenvalue weighted by atomic mass is 16.7. The van der Waals surface area contributed by atoms with Gasteiger partial charge >= 0.3 is 0 Å². The Labute approximate surface area is 124 Å². The molecule has 0 amide bonds. The molecule has 0 fully saturated rings. The van der Waals surface area contributed by atoms with E-state index in [0.717, 1.165) is 34.8 Å². The van der Waals surface area contributed by atoms with Crippen LogP contribution in [0.25, 0.3) is 0 Å². The number of hydrogen-bond acceptors (Lipinski definition) is 4. The molecular weight excluding hydrogens is 266 g/mol. The zero-order valence-electron chi connectivity index (χ0n) is 12.0. The van der Waals surface area contributed by atoms with Crippen LogP contribution in [-0.2, 0) is 6.42 Å². The lowest BCUT2D eigenvalue weighted by atomic mass is 9.99. The lowest BCUT2D eigenvalue weighted by Gasteiger charge is -2.13. The molecule has 3 rings (SSSR count). The van der Waals surface area contributed by atoms with E-state index in [4.69, 9.17) is 19.9 Å². The van der Waals surface area contributed by atoms with Crippen LogP contribution in [0, 0.1) is 0 Å². The van der Waals surface area contributed by atoms with Gasteiger partial charge in [-0.15, -0.1) is 0 Å². The molecule has 21 heavy (non-hydrogen) atoms. The van der Waals surface area contributed by atoms with Gasteiger partial charge in [0, 0.05) is 6.04 Å². The smallest absolute Gasteiger partial charge is 0.231 e. The summed E-state index contributed by atoms with van der Waals surface area (Å²) in [7, 11) is 0. The Morgan fingerprint density at radius 1 is 1.14 bits per heavy atom. The van der Waals surface area contributed by atoms with Crippen molar-refractivity contribution in [1.29, 1.82) is 0 Å². The lowest BCUT2D eigenvalue weighted by Crippen LogP contribution is -2.13. The quantitative estimate of drug-likeness (QED) is 0.917. The highest BCUT2D eigenvalue weighted by molar-refractivity contribution is 5.45. The van der Waals surface area contributed by atoms with Crippen molar-refractivity contribution in [2.24, 2.45) is 5.73 Å². The van der Waals surface area contributed by atoms with Crippen LogP contribution in [0.1, 0.15) is 24.1 Å². The maximum absolute atomic E-state index is 6.31. The molecule has 0 radical (unpaired) electrons. The first kappa shape index (κ1) is 13.8. The van der Waals surface area contributed by atoms with E-state index in [9.17, 15) is 0 Å². The number of ether oxygens (including phenoxy) is 3. The summed E-state index contributed by atoms with van der Waals surface area (Å²) < 4.78 is 16.2. The summed E-state index contributed by atoms with van der Waals surface area (Å²) in [6.45, 7) is 2.92. The third kappa shape index (κ3) is 3.11. The molecule has 1 unspecified atom stereocenters. The van der Waals surface area contributed by atoms with E-state index in [1.165, 1.54) is 0 Å². The SMILES string of the molecule is CCOc1cccc(CC(N)c2ccc3c(c2)OCO3)c1. The maximum Gasteiger partial charge on any atom is 0.231 e. The number of fused-ring (bicyclic) bond motifs is 1. The average Bonchev–Trinajstić information content (AvgIpc) is 2.95. The molecule has 2 aromatic carbocycles. The molecule has 1 aliphatic rings. The van der Waals surface area contributed by atoms with Gasteiger partial charge in [-0.3, -0.25) is 0 Å². The number of nitrogens with two attached hydrogens (primary N) is 1. The molecule has 1 heterocycles. The molecule has 1 atom stereocenters. The summed E-state index contributed by atoms with van der Waals surface area (Å²) in [5.41, 5.74) is 8.51. The third-order valence-electron chi connectivity index (χ3n) is 3.49. The van der Waals surface area contributed by atoms with Crippen LogP contribution >= 0.6 is 0 Å². The van der Waals surface area contributed by atoms with E-state index in [2.05, 4.69) is 6.07 Å². The molecule has 4 heteroatoms. The molecular formula is C17H19NO3. The van der Waals surface area contributed by atoms with Crippen LogP contribution in [-0.4, -0.2) is 13.4 Å². The molecule has 0 aromatic heterocycles. The van der Waals surface area contributed by atoms with E-state index in [0.29, 0.717) is 6.61 Å². The van der Waals surface area contributed by atoms with E-state index in [1.807, 2.05) is 43.3 Å². The lowest BCUT2D eigenvalue weighted by molar-refractivity contribution is 0.174. The van der Waals surface area contributed by atoms with Gasteiger partial charge in [-0.25, -0.2) is 0 Å². The Bertz CT molecular complexity index is 627. The predicted octanol–water partition coefficient (Wildman–Crippen LogP) is 3.06. The first-order valence-electron chi connectivity index (χ1n) is 7.13. The monoisotopic (exact) mass is 285 g/mol. The van der Waals surface area contributed by atoms with Gasteiger partial charge in [0.05, 0.1) is 6.61 Å². The summed E-state index contributed by atoms with van der Waals surface area (Å²) in [6.07, 6.45) is 0.751. The van der Waals surface area contributed by atoms with Gasteiger partial charge in [-0.1, -0.05) is 18.2 Å². The maximum atomic E-state index is 6.31. The van der Waals surface area contributed by atoms with Gasteiger partial charge in [-0.2, -0.15) is 0 Å². The minimum Gasteiger partial charge on any atom is -0.494 e. The van der Waals surface area contributed by atoms with E-state index in [-0.39, 0.29) is 12.8 Å². The van der Waals surface area contributed by atoms with Crippen molar-refractivity contribution < 1.29 is 14.2 Å². The highest BCUT2D eigenvalue weighted by Crippen LogP contribution is 2.34. The van der Waals surface area contributed by atoms with Crippen molar-refractivity contribution in [3.63, 3.8) is 0 Å². The zero-order valence-corrected chi connectivity index (χ0v) is 12.0. The van der Waals surface area contributed by atoms with E-state index in [1.54, 1.807) is 0 Å². The first-order chi connectivity index (χ1) is 10.3. The van der Waals surface area contributed by atoms with Crippen molar-refractivity contribution in [2.75, 3.05) is 13.4 Å². The average molecular weight is 285 g/mol. The van der Waals surface area contributed by atoms with Gasteiger partial charge in [-0.05, 0) is 48.7 Å². The molecule has 0 bridgehead atoms. The molecule has 0 spiro atoms. The number of benzene rings is 2. The van der Waals surface area contributed by atoms with Crippen LogP contribution in [0.5, 0.6) is 17.2 Å². The first-order valence-corrected chi connectivity index (χ1v) is 7.13. The summed E-state index contributed by atoms with van der Waals surface area (Å²) in [5.74, 6) is 2.43. The Hall–Kier alpha value is -2.20. The Balaban J connectivity index is 1.73. The van der Waals surface area contributed by atoms with Crippen molar-refractivity contribution in [1.82, 2.24) is 0 Å². The molecule has 2 aromatic rings. The van der Waals surface area contributed by atoms with Crippen LogP contribution in [0.3, 0.4) is 0 Å². The topological polar surface area (TPSA) is 53.7 Å². The second-order valence-electron chi connectivity index (χ2n) is 5.00. The zero-order chi connectivity index (χ0) is 14.7. The number of hydrogen-bond donors (Lipinski definition) is 1. The molecule has 110 valence electrons. The minimum absolute atomic E-state index is 0.0867. The summed E-state index contributed by atoms with van der Waals surface area (Å²) in [4.78, 5) is 0. The molecule has 4 nitrogen and oxygen atoms in total. The molecule has 0 saturated carbocycles. The second kappa shape index (κ2) is 6.06. The molecule has 0 saturated heterocycles. The molecule has 2 N–H and O–H groups in total. The van der Waals surface area contributed by atoms with Crippen LogP contribution in [0.15, 0.2) is 42.5 Å². The van der Waals surface area contributed by atoms with E-state index >= 15 is 0 Å². The summed E-state index contributed by atoms with van der Waals surface area (Å²) >= 11 is 0. The van der Waals surface area contributed by atoms with Crippen molar-refractivity contribution in [3.05, 3.63) is 53.6 Å². The van der Waals surface area contributed by atoms with Crippen molar-refractivity contribution in [3.8, 4) is 17.2 Å². The fraction of sp³-hybridized carbons (Fsp3) is 0.294. The van der Waals surface area contributed by atoms with Gasteiger partial charge in [0.2, 0.25) is 6.79 Å². The van der Waals surface area contributed by atoms with Crippen LogP contribution < -0.4 is 19.9 Å². The van der Waals surface area contributed by atoms with Crippen LogP contribution in [0.4, 0.5) is 0 Å².